The van der Waals surface area contributed by atoms with Crippen LogP contribution in [0.3, 0.4) is 0 Å². The highest BCUT2D eigenvalue weighted by Crippen LogP contribution is 2.17. The van der Waals surface area contributed by atoms with E-state index in [2.05, 4.69) is 40.2 Å². The Morgan fingerprint density at radius 2 is 2.29 bits per heavy atom. The first kappa shape index (κ1) is 14.7. The molecule has 0 amide bonds. The first-order valence-corrected chi connectivity index (χ1v) is 6.99. The summed E-state index contributed by atoms with van der Waals surface area (Å²) in [6.45, 7) is 6.16. The third-order valence-electron chi connectivity index (χ3n) is 3.18. The number of halogens is 1. The SMILES string of the molecule is CCNC(CC)(CO)CCCn1cc(Br)cn1. The summed E-state index contributed by atoms with van der Waals surface area (Å²) < 4.78 is 2.93. The standard InChI is InChI=1S/C12H22BrN3O/c1-3-12(10-17,14-4-2)6-5-7-16-9-11(13)8-15-16/h8-9,14,17H,3-7,10H2,1-2H3. The predicted molar refractivity (Wildman–Crippen MR) is 72.9 cm³/mol. The molecule has 1 unspecified atom stereocenters. The largest absolute Gasteiger partial charge is 0.394 e. The Kier molecular flexibility index (Phi) is 6.16. The third-order valence-corrected chi connectivity index (χ3v) is 3.58. The van der Waals surface area contributed by atoms with Gasteiger partial charge in [-0.2, -0.15) is 5.10 Å². The van der Waals surface area contributed by atoms with E-state index >= 15 is 0 Å². The zero-order chi connectivity index (χ0) is 12.7. The molecule has 1 aromatic heterocycles. The maximum absolute atomic E-state index is 9.52. The average molecular weight is 304 g/mol. The normalized spacial score (nSPS) is 14.8. The lowest BCUT2D eigenvalue weighted by Crippen LogP contribution is -2.48. The number of nitrogens with zero attached hydrogens (tertiary/aromatic N) is 2. The van der Waals surface area contributed by atoms with Crippen LogP contribution in [-0.4, -0.2) is 33.6 Å². The molecular weight excluding hydrogens is 282 g/mol. The molecule has 0 aliphatic carbocycles. The van der Waals surface area contributed by atoms with Crippen LogP contribution in [0.4, 0.5) is 0 Å². The minimum atomic E-state index is -0.126. The predicted octanol–water partition coefficient (Wildman–Crippen LogP) is 2.18. The van der Waals surface area contributed by atoms with Crippen LogP contribution in [0.1, 0.15) is 33.1 Å². The Bertz CT molecular complexity index is 323. The lowest BCUT2D eigenvalue weighted by molar-refractivity contribution is 0.144. The van der Waals surface area contributed by atoms with Crippen LogP contribution in [0, 0.1) is 0 Å². The fraction of sp³-hybridized carbons (Fsp3) is 0.750. The van der Waals surface area contributed by atoms with Gasteiger partial charge in [-0.05, 0) is 41.7 Å². The number of rotatable bonds is 8. The molecule has 0 aliphatic rings. The number of aromatic nitrogens is 2. The van der Waals surface area contributed by atoms with Crippen molar-refractivity contribution in [1.29, 1.82) is 0 Å². The van der Waals surface area contributed by atoms with E-state index in [1.54, 1.807) is 6.20 Å². The van der Waals surface area contributed by atoms with Gasteiger partial charge >= 0.3 is 0 Å². The molecule has 0 aromatic carbocycles. The molecule has 5 heteroatoms. The molecule has 1 heterocycles. The minimum absolute atomic E-state index is 0.126. The van der Waals surface area contributed by atoms with Crippen LogP contribution in [0.15, 0.2) is 16.9 Å². The van der Waals surface area contributed by atoms with Crippen molar-refractivity contribution < 1.29 is 5.11 Å². The zero-order valence-electron chi connectivity index (χ0n) is 10.6. The summed E-state index contributed by atoms with van der Waals surface area (Å²) in [7, 11) is 0. The van der Waals surface area contributed by atoms with E-state index in [0.29, 0.717) is 0 Å². The molecular formula is C12H22BrN3O. The Morgan fingerprint density at radius 1 is 1.53 bits per heavy atom. The highest BCUT2D eigenvalue weighted by Gasteiger charge is 2.25. The summed E-state index contributed by atoms with van der Waals surface area (Å²) in [4.78, 5) is 0. The molecule has 17 heavy (non-hydrogen) atoms. The van der Waals surface area contributed by atoms with Crippen LogP contribution in [0.25, 0.3) is 0 Å². The second kappa shape index (κ2) is 7.13. The fourth-order valence-electron chi connectivity index (χ4n) is 2.05. The number of aryl methyl sites for hydroxylation is 1. The van der Waals surface area contributed by atoms with E-state index in [9.17, 15) is 5.11 Å². The molecule has 0 saturated heterocycles. The minimum Gasteiger partial charge on any atom is -0.394 e. The topological polar surface area (TPSA) is 50.1 Å². The van der Waals surface area contributed by atoms with Crippen molar-refractivity contribution >= 4 is 15.9 Å². The maximum atomic E-state index is 9.52. The molecule has 0 spiro atoms. The lowest BCUT2D eigenvalue weighted by atomic mass is 9.91. The monoisotopic (exact) mass is 303 g/mol. The summed E-state index contributed by atoms with van der Waals surface area (Å²) in [5, 5.41) is 17.1. The average Bonchev–Trinajstić information content (AvgIpc) is 2.74. The Morgan fingerprint density at radius 3 is 2.76 bits per heavy atom. The van der Waals surface area contributed by atoms with E-state index in [1.807, 2.05) is 10.9 Å². The molecule has 0 bridgehead atoms. The third kappa shape index (κ3) is 4.41. The summed E-state index contributed by atoms with van der Waals surface area (Å²) >= 11 is 3.38. The fourth-order valence-corrected chi connectivity index (χ4v) is 2.38. The highest BCUT2D eigenvalue weighted by atomic mass is 79.9. The molecule has 0 aliphatic heterocycles. The van der Waals surface area contributed by atoms with Crippen LogP contribution < -0.4 is 5.32 Å². The van der Waals surface area contributed by atoms with E-state index < -0.39 is 0 Å². The molecule has 0 radical (unpaired) electrons. The van der Waals surface area contributed by atoms with E-state index in [0.717, 1.165) is 36.8 Å². The van der Waals surface area contributed by atoms with Gasteiger partial charge in [0, 0.05) is 18.3 Å². The van der Waals surface area contributed by atoms with E-state index in [1.165, 1.54) is 0 Å². The van der Waals surface area contributed by atoms with Crippen LogP contribution >= 0.6 is 15.9 Å². The molecule has 1 atom stereocenters. The van der Waals surface area contributed by atoms with Gasteiger partial charge in [0.1, 0.15) is 0 Å². The first-order chi connectivity index (χ1) is 8.15. The van der Waals surface area contributed by atoms with Gasteiger partial charge in [0.15, 0.2) is 0 Å². The Hall–Kier alpha value is -0.390. The highest BCUT2D eigenvalue weighted by molar-refractivity contribution is 9.10. The van der Waals surface area contributed by atoms with Crippen molar-refractivity contribution in [1.82, 2.24) is 15.1 Å². The number of likely N-dealkylation sites (N-methyl/N-ethyl adjacent to an activating group) is 1. The molecule has 4 nitrogen and oxygen atoms in total. The van der Waals surface area contributed by atoms with Crippen molar-refractivity contribution in [2.45, 2.75) is 45.2 Å². The number of aliphatic hydroxyl groups excluding tert-OH is 1. The molecule has 0 fully saturated rings. The van der Waals surface area contributed by atoms with Crippen molar-refractivity contribution in [2.75, 3.05) is 13.2 Å². The van der Waals surface area contributed by atoms with Gasteiger partial charge in [0.2, 0.25) is 0 Å². The van der Waals surface area contributed by atoms with Crippen molar-refractivity contribution in [3.8, 4) is 0 Å². The Balaban J connectivity index is 2.41. The lowest BCUT2D eigenvalue weighted by Gasteiger charge is -2.31. The first-order valence-electron chi connectivity index (χ1n) is 6.19. The van der Waals surface area contributed by atoms with E-state index in [4.69, 9.17) is 0 Å². The molecule has 1 rings (SSSR count). The van der Waals surface area contributed by atoms with Crippen molar-refractivity contribution in [3.63, 3.8) is 0 Å². The van der Waals surface area contributed by atoms with Crippen LogP contribution in [-0.2, 0) is 6.54 Å². The van der Waals surface area contributed by atoms with Gasteiger partial charge < -0.3 is 10.4 Å². The van der Waals surface area contributed by atoms with Crippen LogP contribution in [0.2, 0.25) is 0 Å². The van der Waals surface area contributed by atoms with Gasteiger partial charge in [-0.1, -0.05) is 13.8 Å². The Labute approximate surface area is 112 Å². The van der Waals surface area contributed by atoms with E-state index in [-0.39, 0.29) is 12.1 Å². The second-order valence-electron chi connectivity index (χ2n) is 4.35. The molecule has 98 valence electrons. The summed E-state index contributed by atoms with van der Waals surface area (Å²) in [6, 6.07) is 0. The number of aliphatic hydroxyl groups is 1. The number of nitrogens with one attached hydrogen (secondary N) is 1. The van der Waals surface area contributed by atoms with Crippen LogP contribution in [0.5, 0.6) is 0 Å². The maximum Gasteiger partial charge on any atom is 0.0632 e. The van der Waals surface area contributed by atoms with Gasteiger partial charge in [0.25, 0.3) is 0 Å². The molecule has 2 N–H and O–H groups in total. The summed E-state index contributed by atoms with van der Waals surface area (Å²) in [5.74, 6) is 0. The second-order valence-corrected chi connectivity index (χ2v) is 5.26. The number of hydrogen-bond donors (Lipinski definition) is 2. The van der Waals surface area contributed by atoms with Crippen molar-refractivity contribution in [3.05, 3.63) is 16.9 Å². The molecule has 1 aromatic rings. The zero-order valence-corrected chi connectivity index (χ0v) is 12.2. The molecule has 0 saturated carbocycles. The van der Waals surface area contributed by atoms with Gasteiger partial charge in [-0.15, -0.1) is 0 Å². The van der Waals surface area contributed by atoms with Gasteiger partial charge in [0.05, 0.1) is 17.3 Å². The summed E-state index contributed by atoms with van der Waals surface area (Å²) in [6.07, 6.45) is 6.68. The summed E-state index contributed by atoms with van der Waals surface area (Å²) in [5.41, 5.74) is -0.126. The smallest absolute Gasteiger partial charge is 0.0632 e. The van der Waals surface area contributed by atoms with Gasteiger partial charge in [-0.25, -0.2) is 0 Å². The number of hydrogen-bond acceptors (Lipinski definition) is 3. The van der Waals surface area contributed by atoms with Crippen molar-refractivity contribution in [2.24, 2.45) is 0 Å². The quantitative estimate of drug-likeness (QED) is 0.774. The van der Waals surface area contributed by atoms with Gasteiger partial charge in [-0.3, -0.25) is 4.68 Å².